The number of aromatic nitrogens is 4. The molecule has 15 heteroatoms. The first-order valence-electron chi connectivity index (χ1n) is 9.70. The average molecular weight is 493 g/mol. The van der Waals surface area contributed by atoms with Gasteiger partial charge in [0.15, 0.2) is 17.8 Å². The first-order valence-corrected chi connectivity index (χ1v) is 11.2. The van der Waals surface area contributed by atoms with Crippen LogP contribution in [-0.4, -0.2) is 70.1 Å². The third kappa shape index (κ3) is 4.50. The topological polar surface area (TPSA) is 201 Å². The molecule has 0 aromatic carbocycles. The standard InChI is InChI=1S/C19H20FN7O6S/c1-32-12-5-23-4-11(20)10(12)3-2-9-7-27(18-14(9)17(21)24-8-25-18)19-16(29)15(28)13(33-19)6-26-34(22,30)31/h4-5,7-8,13,15-16,19,26,28-29H,6H2,1H3,(H2,21,24,25)(H2,22,30,31)/t13-,15-,16-,19-/m1/s1. The number of fused-ring (bicyclic) bond motifs is 1. The molecule has 4 atom stereocenters. The van der Waals surface area contributed by atoms with Crippen LogP contribution < -0.4 is 20.3 Å². The van der Waals surface area contributed by atoms with E-state index in [1.54, 1.807) is 0 Å². The summed E-state index contributed by atoms with van der Waals surface area (Å²) < 4.78 is 50.8. The Morgan fingerprint density at radius 3 is 2.76 bits per heavy atom. The minimum absolute atomic E-state index is 0.0319. The maximum Gasteiger partial charge on any atom is 0.274 e. The normalized spacial score (nSPS) is 22.5. The number of aliphatic hydroxyl groups excluding tert-OH is 2. The van der Waals surface area contributed by atoms with E-state index < -0.39 is 40.6 Å². The summed E-state index contributed by atoms with van der Waals surface area (Å²) in [7, 11) is -2.69. The molecule has 0 aliphatic carbocycles. The van der Waals surface area contributed by atoms with Crippen molar-refractivity contribution in [1.29, 1.82) is 0 Å². The molecule has 3 aromatic heterocycles. The monoisotopic (exact) mass is 493 g/mol. The van der Waals surface area contributed by atoms with E-state index in [0.29, 0.717) is 5.39 Å². The molecule has 0 bridgehead atoms. The van der Waals surface area contributed by atoms with E-state index in [-0.39, 0.29) is 34.9 Å². The van der Waals surface area contributed by atoms with E-state index in [1.165, 1.54) is 30.4 Å². The number of nitrogen functional groups attached to an aromatic ring is 1. The fraction of sp³-hybridized carbons (Fsp3) is 0.316. The number of halogens is 1. The summed E-state index contributed by atoms with van der Waals surface area (Å²) in [6, 6.07) is 0. The van der Waals surface area contributed by atoms with Gasteiger partial charge in [0.2, 0.25) is 0 Å². The Morgan fingerprint density at radius 2 is 2.06 bits per heavy atom. The molecule has 180 valence electrons. The molecule has 0 spiro atoms. The quantitative estimate of drug-likeness (QED) is 0.257. The number of pyridine rings is 1. The molecular formula is C19H20FN7O6S. The fourth-order valence-corrected chi connectivity index (χ4v) is 3.94. The van der Waals surface area contributed by atoms with E-state index in [0.717, 1.165) is 6.20 Å². The molecule has 7 N–H and O–H groups in total. The molecule has 13 nitrogen and oxygen atoms in total. The molecule has 1 saturated heterocycles. The molecule has 1 aliphatic rings. The Balaban J connectivity index is 1.76. The smallest absolute Gasteiger partial charge is 0.274 e. The maximum atomic E-state index is 14.2. The van der Waals surface area contributed by atoms with Gasteiger partial charge < -0.3 is 30.0 Å². The lowest BCUT2D eigenvalue weighted by Gasteiger charge is -2.17. The van der Waals surface area contributed by atoms with Gasteiger partial charge in [-0.05, 0) is 0 Å². The lowest BCUT2D eigenvalue weighted by Crippen LogP contribution is -2.42. The first-order chi connectivity index (χ1) is 16.1. The van der Waals surface area contributed by atoms with Gasteiger partial charge in [-0.15, -0.1) is 0 Å². The zero-order valence-electron chi connectivity index (χ0n) is 17.6. The van der Waals surface area contributed by atoms with Gasteiger partial charge in [0.1, 0.15) is 41.7 Å². The molecule has 3 aromatic rings. The number of nitrogens with two attached hydrogens (primary N) is 2. The summed E-state index contributed by atoms with van der Waals surface area (Å²) in [5, 5.41) is 26.1. The Kier molecular flexibility index (Phi) is 6.36. The summed E-state index contributed by atoms with van der Waals surface area (Å²) in [6.07, 6.45) is -0.250. The predicted octanol–water partition coefficient (Wildman–Crippen LogP) is -1.63. The van der Waals surface area contributed by atoms with Gasteiger partial charge >= 0.3 is 0 Å². The van der Waals surface area contributed by atoms with Gasteiger partial charge in [0, 0.05) is 12.7 Å². The molecule has 1 fully saturated rings. The zero-order valence-corrected chi connectivity index (χ0v) is 18.4. The fourth-order valence-electron chi connectivity index (χ4n) is 3.55. The Bertz CT molecular complexity index is 1400. The van der Waals surface area contributed by atoms with Crippen LogP contribution in [0.15, 0.2) is 24.9 Å². The molecule has 4 rings (SSSR count). The van der Waals surface area contributed by atoms with Gasteiger partial charge in [0.25, 0.3) is 10.2 Å². The van der Waals surface area contributed by atoms with Gasteiger partial charge in [-0.3, -0.25) is 4.98 Å². The lowest BCUT2D eigenvalue weighted by atomic mass is 10.1. The van der Waals surface area contributed by atoms with Crippen LogP contribution >= 0.6 is 0 Å². The van der Waals surface area contributed by atoms with E-state index in [1.807, 2.05) is 4.72 Å². The number of nitrogens with one attached hydrogen (secondary N) is 1. The average Bonchev–Trinajstić information content (AvgIpc) is 3.29. The van der Waals surface area contributed by atoms with Gasteiger partial charge in [0.05, 0.1) is 30.5 Å². The summed E-state index contributed by atoms with van der Waals surface area (Å²) >= 11 is 0. The maximum absolute atomic E-state index is 14.2. The van der Waals surface area contributed by atoms with Crippen molar-refractivity contribution in [2.24, 2.45) is 5.14 Å². The molecule has 1 aliphatic heterocycles. The van der Waals surface area contributed by atoms with Crippen LogP contribution in [0.3, 0.4) is 0 Å². The van der Waals surface area contributed by atoms with Crippen LogP contribution in [0.1, 0.15) is 17.4 Å². The highest BCUT2D eigenvalue weighted by Gasteiger charge is 2.44. The van der Waals surface area contributed by atoms with Crippen LogP contribution in [0.25, 0.3) is 11.0 Å². The molecule has 0 amide bonds. The van der Waals surface area contributed by atoms with Crippen molar-refractivity contribution in [1.82, 2.24) is 24.2 Å². The second-order valence-corrected chi connectivity index (χ2v) is 8.67. The zero-order chi connectivity index (χ0) is 24.6. The number of hydrogen-bond acceptors (Lipinski definition) is 10. The second-order valence-electron chi connectivity index (χ2n) is 7.30. The van der Waals surface area contributed by atoms with Crippen LogP contribution in [0.4, 0.5) is 10.2 Å². The van der Waals surface area contributed by atoms with E-state index >= 15 is 0 Å². The SMILES string of the molecule is COc1cncc(F)c1C#Cc1cn([C@@H]2O[C@H](CNS(N)(=O)=O)[C@@H](O)[C@H]2O)c2ncnc(N)c12. The molecule has 0 radical (unpaired) electrons. The first kappa shape index (κ1) is 23.8. The van der Waals surface area contributed by atoms with Gasteiger partial charge in [-0.1, -0.05) is 11.8 Å². The van der Waals surface area contributed by atoms with Gasteiger partial charge in [-0.2, -0.15) is 13.1 Å². The number of rotatable bonds is 5. The predicted molar refractivity (Wildman–Crippen MR) is 116 cm³/mol. The molecule has 0 saturated carbocycles. The van der Waals surface area contributed by atoms with Crippen LogP contribution in [0.5, 0.6) is 5.75 Å². The van der Waals surface area contributed by atoms with Crippen LogP contribution in [0.2, 0.25) is 0 Å². The van der Waals surface area contributed by atoms with E-state index in [2.05, 4.69) is 26.8 Å². The molecule has 34 heavy (non-hydrogen) atoms. The minimum Gasteiger partial charge on any atom is -0.494 e. The van der Waals surface area contributed by atoms with Crippen LogP contribution in [-0.2, 0) is 14.9 Å². The highest BCUT2D eigenvalue weighted by Crippen LogP contribution is 2.34. The Labute approximate surface area is 192 Å². The highest BCUT2D eigenvalue weighted by atomic mass is 32.2. The second kappa shape index (κ2) is 9.10. The van der Waals surface area contributed by atoms with Crippen molar-refractivity contribution in [3.63, 3.8) is 0 Å². The number of aliphatic hydroxyl groups is 2. The summed E-state index contributed by atoms with van der Waals surface area (Å²) in [6.45, 7) is -0.377. The Hall–Kier alpha value is -3.39. The Morgan fingerprint density at radius 1 is 1.29 bits per heavy atom. The van der Waals surface area contributed by atoms with Crippen molar-refractivity contribution >= 4 is 27.1 Å². The molecule has 4 heterocycles. The third-order valence-electron chi connectivity index (χ3n) is 5.14. The van der Waals surface area contributed by atoms with Crippen molar-refractivity contribution in [3.05, 3.63) is 41.9 Å². The van der Waals surface area contributed by atoms with Crippen molar-refractivity contribution in [2.45, 2.75) is 24.5 Å². The van der Waals surface area contributed by atoms with E-state index in [4.69, 9.17) is 20.3 Å². The number of methoxy groups -OCH3 is 1. The highest BCUT2D eigenvalue weighted by molar-refractivity contribution is 7.87. The van der Waals surface area contributed by atoms with E-state index in [9.17, 15) is 23.0 Å². The summed E-state index contributed by atoms with van der Waals surface area (Å²) in [5.41, 5.74) is 6.49. The van der Waals surface area contributed by atoms with Crippen molar-refractivity contribution < 1.29 is 32.5 Å². The third-order valence-corrected chi connectivity index (χ3v) is 5.71. The van der Waals surface area contributed by atoms with Crippen LogP contribution in [0, 0.1) is 17.7 Å². The number of anilines is 1. The largest absolute Gasteiger partial charge is 0.494 e. The summed E-state index contributed by atoms with van der Waals surface area (Å²) in [4.78, 5) is 11.8. The van der Waals surface area contributed by atoms with Gasteiger partial charge in [-0.25, -0.2) is 19.5 Å². The minimum atomic E-state index is -4.04. The molecular weight excluding hydrogens is 473 g/mol. The van der Waals surface area contributed by atoms with Crippen molar-refractivity contribution in [2.75, 3.05) is 19.4 Å². The van der Waals surface area contributed by atoms with Crippen molar-refractivity contribution in [3.8, 4) is 17.6 Å². The number of nitrogens with zero attached hydrogens (tertiary/aromatic N) is 4. The molecule has 0 unspecified atom stereocenters. The number of ether oxygens (including phenoxy) is 2. The summed E-state index contributed by atoms with van der Waals surface area (Å²) in [5.74, 6) is 4.98. The lowest BCUT2D eigenvalue weighted by molar-refractivity contribution is -0.0327. The number of hydrogen-bond donors (Lipinski definition) is 5.